The molecule has 0 aromatic heterocycles. The van der Waals surface area contributed by atoms with Gasteiger partial charge in [-0.25, -0.2) is 4.39 Å². The van der Waals surface area contributed by atoms with Crippen LogP contribution in [-0.4, -0.2) is 47.9 Å². The Hall–Kier alpha value is -2.66. The summed E-state index contributed by atoms with van der Waals surface area (Å²) in [5.41, 5.74) is 1.88. The number of halogens is 1. The molecule has 2 aliphatic rings. The molecular weight excluding hydrogens is 391 g/mol. The number of hydrogen-bond acceptors (Lipinski definition) is 3. The minimum absolute atomic E-state index is 0.0914. The van der Waals surface area contributed by atoms with E-state index in [2.05, 4.69) is 4.90 Å². The second-order valence-electron chi connectivity index (χ2n) is 8.47. The van der Waals surface area contributed by atoms with Gasteiger partial charge in [-0.2, -0.15) is 0 Å². The molecule has 0 unspecified atom stereocenters. The van der Waals surface area contributed by atoms with Crippen molar-refractivity contribution in [2.75, 3.05) is 26.2 Å². The summed E-state index contributed by atoms with van der Waals surface area (Å²) in [4.78, 5) is 17.2. The summed E-state index contributed by atoms with van der Waals surface area (Å²) in [6.45, 7) is 4.53. The van der Waals surface area contributed by atoms with Crippen molar-refractivity contribution in [1.29, 1.82) is 0 Å². The van der Waals surface area contributed by atoms with E-state index < -0.39 is 0 Å². The Balaban J connectivity index is 1.22. The maximum atomic E-state index is 13.0. The average Bonchev–Trinajstić information content (AvgIpc) is 2.83. The number of piperidine rings is 2. The van der Waals surface area contributed by atoms with Gasteiger partial charge in [-0.15, -0.1) is 0 Å². The van der Waals surface area contributed by atoms with Gasteiger partial charge >= 0.3 is 0 Å². The first-order valence-corrected chi connectivity index (χ1v) is 11.4. The molecule has 0 atom stereocenters. The number of ether oxygens (including phenoxy) is 1. The van der Waals surface area contributed by atoms with E-state index in [1.807, 2.05) is 35.2 Å². The van der Waals surface area contributed by atoms with Crippen LogP contribution in [0.2, 0.25) is 0 Å². The molecule has 0 aliphatic carbocycles. The van der Waals surface area contributed by atoms with Crippen LogP contribution in [0.4, 0.5) is 4.39 Å². The van der Waals surface area contributed by atoms with Crippen molar-refractivity contribution >= 4 is 12.0 Å². The Bertz CT molecular complexity index is 865. The Labute approximate surface area is 184 Å². The van der Waals surface area contributed by atoms with E-state index in [1.165, 1.54) is 44.5 Å². The molecule has 2 fully saturated rings. The van der Waals surface area contributed by atoms with Gasteiger partial charge in [-0.05, 0) is 80.2 Å². The van der Waals surface area contributed by atoms with E-state index >= 15 is 0 Å². The van der Waals surface area contributed by atoms with Crippen molar-refractivity contribution in [3.05, 3.63) is 71.6 Å². The summed E-state index contributed by atoms with van der Waals surface area (Å²) in [6, 6.07) is 14.6. The van der Waals surface area contributed by atoms with Crippen LogP contribution < -0.4 is 4.74 Å². The minimum atomic E-state index is -0.249. The highest BCUT2D eigenvalue weighted by atomic mass is 19.1. The molecule has 2 aromatic carbocycles. The van der Waals surface area contributed by atoms with Crippen molar-refractivity contribution in [3.8, 4) is 5.75 Å². The highest BCUT2D eigenvalue weighted by molar-refractivity contribution is 5.91. The Morgan fingerprint density at radius 2 is 1.61 bits per heavy atom. The summed E-state index contributed by atoms with van der Waals surface area (Å²) in [7, 11) is 0. The number of benzene rings is 2. The van der Waals surface area contributed by atoms with Gasteiger partial charge in [0.2, 0.25) is 5.91 Å². The number of likely N-dealkylation sites (tertiary alicyclic amines) is 2. The van der Waals surface area contributed by atoms with Crippen molar-refractivity contribution in [2.45, 2.75) is 44.8 Å². The van der Waals surface area contributed by atoms with Gasteiger partial charge in [0.05, 0.1) is 0 Å². The van der Waals surface area contributed by atoms with Crippen LogP contribution >= 0.6 is 0 Å². The van der Waals surface area contributed by atoms with Crippen LogP contribution in [0.3, 0.4) is 0 Å². The summed E-state index contributed by atoms with van der Waals surface area (Å²) < 4.78 is 18.7. The molecule has 2 heterocycles. The van der Waals surface area contributed by atoms with E-state index in [4.69, 9.17) is 4.74 Å². The van der Waals surface area contributed by atoms with E-state index in [-0.39, 0.29) is 11.7 Å². The van der Waals surface area contributed by atoms with Gasteiger partial charge in [-0.1, -0.05) is 30.7 Å². The molecule has 1 amide bonds. The first kappa shape index (κ1) is 21.6. The lowest BCUT2D eigenvalue weighted by Crippen LogP contribution is -2.47. The zero-order chi connectivity index (χ0) is 21.5. The van der Waals surface area contributed by atoms with E-state index in [9.17, 15) is 9.18 Å². The lowest BCUT2D eigenvalue weighted by atomic mass is 10.00. The Morgan fingerprint density at radius 1 is 0.935 bits per heavy atom. The van der Waals surface area contributed by atoms with Crippen molar-refractivity contribution in [1.82, 2.24) is 9.80 Å². The topological polar surface area (TPSA) is 32.8 Å². The van der Waals surface area contributed by atoms with Gasteiger partial charge in [-0.3, -0.25) is 4.79 Å². The Morgan fingerprint density at radius 3 is 2.29 bits per heavy atom. The highest BCUT2D eigenvalue weighted by Gasteiger charge is 2.26. The fraction of sp³-hybridized carbons (Fsp3) is 0.423. The molecule has 0 radical (unpaired) electrons. The van der Waals surface area contributed by atoms with E-state index in [0.717, 1.165) is 42.8 Å². The van der Waals surface area contributed by atoms with Crippen molar-refractivity contribution < 1.29 is 13.9 Å². The summed E-state index contributed by atoms with van der Waals surface area (Å²) in [5.74, 6) is 0.585. The second-order valence-corrected chi connectivity index (χ2v) is 8.47. The number of carbonyl (C=O) groups is 1. The van der Waals surface area contributed by atoms with Gasteiger partial charge in [0, 0.05) is 25.2 Å². The van der Waals surface area contributed by atoms with Crippen molar-refractivity contribution in [3.63, 3.8) is 0 Å². The predicted molar refractivity (Wildman–Crippen MR) is 121 cm³/mol. The number of amides is 1. The monoisotopic (exact) mass is 422 g/mol. The molecule has 2 aromatic rings. The number of hydrogen-bond donors (Lipinski definition) is 0. The molecule has 164 valence electrons. The molecule has 31 heavy (non-hydrogen) atoms. The maximum absolute atomic E-state index is 13.0. The van der Waals surface area contributed by atoms with Crippen molar-refractivity contribution in [2.24, 2.45) is 0 Å². The standard InChI is InChI=1S/C26H31FN2O2/c27-23-9-4-22(5-10-23)20-31-25-11-6-21(7-12-25)8-13-26(30)29-18-14-24(15-19-29)28-16-2-1-3-17-28/h4-13,24H,1-3,14-20H2/b13-8-. The maximum Gasteiger partial charge on any atom is 0.246 e. The SMILES string of the molecule is O=C(/C=C\c1ccc(OCc2ccc(F)cc2)cc1)N1CCC(N2CCCCC2)CC1. The molecule has 0 N–H and O–H groups in total. The molecular formula is C26H31FN2O2. The Kier molecular flexibility index (Phi) is 7.36. The normalized spacial score (nSPS) is 18.4. The molecule has 0 spiro atoms. The van der Waals surface area contributed by atoms with E-state index in [0.29, 0.717) is 12.6 Å². The molecule has 2 aliphatic heterocycles. The number of nitrogens with zero attached hydrogens (tertiary/aromatic N) is 2. The van der Waals surface area contributed by atoms with Gasteiger partial charge in [0.1, 0.15) is 18.2 Å². The second kappa shape index (κ2) is 10.6. The summed E-state index contributed by atoms with van der Waals surface area (Å²) >= 11 is 0. The molecule has 4 rings (SSSR count). The molecule has 4 nitrogen and oxygen atoms in total. The van der Waals surface area contributed by atoms with Gasteiger partial charge in [0.15, 0.2) is 0 Å². The highest BCUT2D eigenvalue weighted by Crippen LogP contribution is 2.21. The molecule has 5 heteroatoms. The van der Waals surface area contributed by atoms with Gasteiger partial charge < -0.3 is 14.5 Å². The third-order valence-electron chi connectivity index (χ3n) is 6.30. The summed E-state index contributed by atoms with van der Waals surface area (Å²) in [6.07, 6.45) is 9.70. The smallest absolute Gasteiger partial charge is 0.246 e. The zero-order valence-electron chi connectivity index (χ0n) is 18.0. The lowest BCUT2D eigenvalue weighted by molar-refractivity contribution is -0.127. The van der Waals surface area contributed by atoms with Crippen LogP contribution in [0, 0.1) is 5.82 Å². The van der Waals surface area contributed by atoms with Crippen LogP contribution in [0.15, 0.2) is 54.6 Å². The summed E-state index contributed by atoms with van der Waals surface area (Å²) in [5, 5.41) is 0. The van der Waals surface area contributed by atoms with Crippen LogP contribution in [0.25, 0.3) is 6.08 Å². The third kappa shape index (κ3) is 6.17. The fourth-order valence-corrected chi connectivity index (χ4v) is 4.43. The van der Waals surface area contributed by atoms with Gasteiger partial charge in [0.25, 0.3) is 0 Å². The van der Waals surface area contributed by atoms with Crippen LogP contribution in [0.1, 0.15) is 43.2 Å². The predicted octanol–water partition coefficient (Wildman–Crippen LogP) is 4.89. The van der Waals surface area contributed by atoms with E-state index in [1.54, 1.807) is 18.2 Å². The molecule has 0 bridgehead atoms. The first-order chi connectivity index (χ1) is 15.2. The largest absolute Gasteiger partial charge is 0.489 e. The van der Waals surface area contributed by atoms with Crippen LogP contribution in [0.5, 0.6) is 5.75 Å². The first-order valence-electron chi connectivity index (χ1n) is 11.4. The fourth-order valence-electron chi connectivity index (χ4n) is 4.43. The lowest BCUT2D eigenvalue weighted by Gasteiger charge is -2.40. The minimum Gasteiger partial charge on any atom is -0.489 e. The average molecular weight is 423 g/mol. The third-order valence-corrected chi connectivity index (χ3v) is 6.30. The molecule has 2 saturated heterocycles. The number of carbonyl (C=O) groups excluding carboxylic acids is 1. The molecule has 0 saturated carbocycles. The van der Waals surface area contributed by atoms with Crippen LogP contribution in [-0.2, 0) is 11.4 Å². The number of rotatable bonds is 6. The quantitative estimate of drug-likeness (QED) is 0.621. The zero-order valence-corrected chi connectivity index (χ0v) is 18.0.